The molecule has 1 N–H and O–H groups in total. The van der Waals surface area contributed by atoms with Crippen LogP contribution in [0.25, 0.3) is 0 Å². The zero-order valence-corrected chi connectivity index (χ0v) is 11.9. The number of carboxylic acids is 1. The van der Waals surface area contributed by atoms with Crippen LogP contribution in [0.5, 0.6) is 0 Å². The van der Waals surface area contributed by atoms with Gasteiger partial charge in [0.1, 0.15) is 6.61 Å². The molecule has 1 rings (SSSR count). The maximum atomic E-state index is 12.0. The lowest BCUT2D eigenvalue weighted by Crippen LogP contribution is -2.21. The summed E-state index contributed by atoms with van der Waals surface area (Å²) in [4.78, 5) is 22.8. The first-order chi connectivity index (χ1) is 9.63. The lowest BCUT2D eigenvalue weighted by molar-refractivity contribution is -0.154. The van der Waals surface area contributed by atoms with Crippen molar-refractivity contribution in [3.63, 3.8) is 0 Å². The van der Waals surface area contributed by atoms with Gasteiger partial charge in [-0.3, -0.25) is 9.59 Å². The first-order valence-corrected chi connectivity index (χ1v) is 7.05. The van der Waals surface area contributed by atoms with E-state index in [4.69, 9.17) is 9.84 Å². The molecule has 0 aliphatic carbocycles. The smallest absolute Gasteiger partial charge is 0.309 e. The topological polar surface area (TPSA) is 63.6 Å². The number of carbonyl (C=O) groups is 2. The number of carbonyl (C=O) groups excluding carboxylic acids is 1. The molecule has 1 unspecified atom stereocenters. The molecule has 20 heavy (non-hydrogen) atoms. The SMILES string of the molecule is CCCCCC(CC(=O)O)C(=O)OCc1ccccc1. The van der Waals surface area contributed by atoms with Gasteiger partial charge >= 0.3 is 11.9 Å². The number of benzene rings is 1. The van der Waals surface area contributed by atoms with Crippen molar-refractivity contribution in [2.75, 3.05) is 0 Å². The Hall–Kier alpha value is -1.84. The molecule has 0 saturated carbocycles. The maximum absolute atomic E-state index is 12.0. The molecule has 110 valence electrons. The first kappa shape index (κ1) is 16.2. The summed E-state index contributed by atoms with van der Waals surface area (Å²) in [6.07, 6.45) is 3.32. The molecule has 0 aliphatic rings. The molecule has 0 amide bonds. The lowest BCUT2D eigenvalue weighted by atomic mass is 9.98. The van der Waals surface area contributed by atoms with Gasteiger partial charge in [-0.2, -0.15) is 0 Å². The number of aliphatic carboxylic acids is 1. The Morgan fingerprint density at radius 2 is 1.90 bits per heavy atom. The summed E-state index contributed by atoms with van der Waals surface area (Å²) in [5.74, 6) is -1.90. The Bertz CT molecular complexity index is 414. The third kappa shape index (κ3) is 6.36. The average Bonchev–Trinajstić information content (AvgIpc) is 2.44. The quantitative estimate of drug-likeness (QED) is 0.555. The predicted molar refractivity (Wildman–Crippen MR) is 76.1 cm³/mol. The molecule has 0 radical (unpaired) electrons. The van der Waals surface area contributed by atoms with Gasteiger partial charge in [-0.25, -0.2) is 0 Å². The van der Waals surface area contributed by atoms with Crippen molar-refractivity contribution in [2.45, 2.75) is 45.6 Å². The van der Waals surface area contributed by atoms with Gasteiger partial charge in [-0.1, -0.05) is 56.5 Å². The summed E-state index contributed by atoms with van der Waals surface area (Å²) in [7, 11) is 0. The number of carboxylic acid groups (broad SMARTS) is 1. The van der Waals surface area contributed by atoms with E-state index in [1.165, 1.54) is 0 Å². The average molecular weight is 278 g/mol. The van der Waals surface area contributed by atoms with E-state index in [-0.39, 0.29) is 13.0 Å². The van der Waals surface area contributed by atoms with Gasteiger partial charge in [0.15, 0.2) is 0 Å². The number of ether oxygens (including phenoxy) is 1. The monoisotopic (exact) mass is 278 g/mol. The third-order valence-electron chi connectivity index (χ3n) is 3.13. The summed E-state index contributed by atoms with van der Waals surface area (Å²) in [6.45, 7) is 2.27. The van der Waals surface area contributed by atoms with Crippen molar-refractivity contribution >= 4 is 11.9 Å². The molecule has 0 fully saturated rings. The molecule has 1 aromatic carbocycles. The highest BCUT2D eigenvalue weighted by atomic mass is 16.5. The molecular formula is C16H22O4. The van der Waals surface area contributed by atoms with Crippen LogP contribution in [0.15, 0.2) is 30.3 Å². The van der Waals surface area contributed by atoms with Crippen LogP contribution in [0, 0.1) is 5.92 Å². The fourth-order valence-electron chi connectivity index (χ4n) is 2.00. The van der Waals surface area contributed by atoms with Crippen molar-refractivity contribution in [3.8, 4) is 0 Å². The summed E-state index contributed by atoms with van der Waals surface area (Å²) in [5.41, 5.74) is 0.906. The van der Waals surface area contributed by atoms with Gasteiger partial charge in [0.05, 0.1) is 12.3 Å². The van der Waals surface area contributed by atoms with E-state index in [9.17, 15) is 9.59 Å². The molecule has 1 atom stereocenters. The van der Waals surface area contributed by atoms with Gasteiger partial charge in [-0.15, -0.1) is 0 Å². The molecule has 0 spiro atoms. The van der Waals surface area contributed by atoms with Crippen LogP contribution in [-0.2, 0) is 20.9 Å². The molecule has 0 aliphatic heterocycles. The van der Waals surface area contributed by atoms with Crippen molar-refractivity contribution in [2.24, 2.45) is 5.92 Å². The van der Waals surface area contributed by atoms with Crippen LogP contribution < -0.4 is 0 Å². The zero-order chi connectivity index (χ0) is 14.8. The lowest BCUT2D eigenvalue weighted by Gasteiger charge is -2.14. The molecule has 0 aromatic heterocycles. The van der Waals surface area contributed by atoms with E-state index in [0.717, 1.165) is 24.8 Å². The fourth-order valence-corrected chi connectivity index (χ4v) is 2.00. The predicted octanol–water partition coefficient (Wildman–Crippen LogP) is 3.40. The summed E-state index contributed by atoms with van der Waals surface area (Å²) >= 11 is 0. The molecule has 4 heteroatoms. The van der Waals surface area contributed by atoms with Crippen molar-refractivity contribution in [3.05, 3.63) is 35.9 Å². The Kier molecular flexibility index (Phi) is 7.40. The minimum atomic E-state index is -0.955. The van der Waals surface area contributed by atoms with Crippen LogP contribution in [0.4, 0.5) is 0 Å². The fraction of sp³-hybridized carbons (Fsp3) is 0.500. The Labute approximate surface area is 119 Å². The molecular weight excluding hydrogens is 256 g/mol. The Morgan fingerprint density at radius 3 is 2.50 bits per heavy atom. The normalized spacial score (nSPS) is 11.8. The van der Waals surface area contributed by atoms with Crippen molar-refractivity contribution < 1.29 is 19.4 Å². The summed E-state index contributed by atoms with van der Waals surface area (Å²) in [5, 5.41) is 8.87. The van der Waals surface area contributed by atoms with Crippen LogP contribution in [0.1, 0.15) is 44.6 Å². The maximum Gasteiger partial charge on any atom is 0.309 e. The van der Waals surface area contributed by atoms with Gasteiger partial charge in [0.2, 0.25) is 0 Å². The van der Waals surface area contributed by atoms with E-state index >= 15 is 0 Å². The molecule has 0 saturated heterocycles. The zero-order valence-electron chi connectivity index (χ0n) is 11.9. The molecule has 1 aromatic rings. The van der Waals surface area contributed by atoms with Crippen LogP contribution >= 0.6 is 0 Å². The molecule has 4 nitrogen and oxygen atoms in total. The Balaban J connectivity index is 2.47. The summed E-state index contributed by atoms with van der Waals surface area (Å²) < 4.78 is 5.22. The van der Waals surface area contributed by atoms with Crippen LogP contribution in [-0.4, -0.2) is 17.0 Å². The third-order valence-corrected chi connectivity index (χ3v) is 3.13. The number of hydrogen-bond acceptors (Lipinski definition) is 3. The number of hydrogen-bond donors (Lipinski definition) is 1. The number of esters is 1. The van der Waals surface area contributed by atoms with Crippen LogP contribution in [0.3, 0.4) is 0 Å². The van der Waals surface area contributed by atoms with Gasteiger partial charge in [0.25, 0.3) is 0 Å². The van der Waals surface area contributed by atoms with Gasteiger partial charge in [-0.05, 0) is 12.0 Å². The van der Waals surface area contributed by atoms with Gasteiger partial charge < -0.3 is 9.84 Å². The second kappa shape index (κ2) is 9.13. The highest BCUT2D eigenvalue weighted by Crippen LogP contribution is 2.17. The van der Waals surface area contributed by atoms with Crippen molar-refractivity contribution in [1.82, 2.24) is 0 Å². The standard InChI is InChI=1S/C16H22O4/c1-2-3-5-10-14(11-15(17)18)16(19)20-12-13-8-6-4-7-9-13/h4,6-9,14H,2-3,5,10-12H2,1H3,(H,17,18). The van der Waals surface area contributed by atoms with Crippen molar-refractivity contribution in [1.29, 1.82) is 0 Å². The highest BCUT2D eigenvalue weighted by molar-refractivity contribution is 5.79. The molecule has 0 heterocycles. The van der Waals surface area contributed by atoms with E-state index in [2.05, 4.69) is 6.92 Å². The molecule has 0 bridgehead atoms. The summed E-state index contributed by atoms with van der Waals surface area (Å²) in [6, 6.07) is 9.38. The van der Waals surface area contributed by atoms with E-state index in [0.29, 0.717) is 6.42 Å². The largest absolute Gasteiger partial charge is 0.481 e. The first-order valence-electron chi connectivity index (χ1n) is 7.05. The minimum absolute atomic E-state index is 0.155. The van der Waals surface area contributed by atoms with Gasteiger partial charge in [0, 0.05) is 0 Å². The van der Waals surface area contributed by atoms with Crippen LogP contribution in [0.2, 0.25) is 0 Å². The van der Waals surface area contributed by atoms with E-state index < -0.39 is 17.9 Å². The minimum Gasteiger partial charge on any atom is -0.481 e. The highest BCUT2D eigenvalue weighted by Gasteiger charge is 2.22. The second-order valence-electron chi connectivity index (χ2n) is 4.88. The Morgan fingerprint density at radius 1 is 1.20 bits per heavy atom. The number of rotatable bonds is 9. The number of unbranched alkanes of at least 4 members (excludes halogenated alkanes) is 2. The second-order valence-corrected chi connectivity index (χ2v) is 4.88. The van der Waals surface area contributed by atoms with E-state index in [1.54, 1.807) is 0 Å². The van der Waals surface area contributed by atoms with E-state index in [1.807, 2.05) is 30.3 Å².